The Hall–Kier alpha value is -2.05. The van der Waals surface area contributed by atoms with E-state index in [0.29, 0.717) is 0 Å². The molecular weight excluding hydrogens is 190 g/mol. The number of nitrogens with one attached hydrogen (secondary N) is 2. The van der Waals surface area contributed by atoms with Gasteiger partial charge in [-0.05, 0) is 0 Å². The number of hydrogen-bond acceptors (Lipinski definition) is 5. The molecule has 1 rings (SSSR count). The predicted molar refractivity (Wildman–Crippen MR) is 50.3 cm³/mol. The van der Waals surface area contributed by atoms with E-state index in [9.17, 15) is 14.4 Å². The smallest absolute Gasteiger partial charge is 0.404 e. The quantitative estimate of drug-likeness (QED) is 0.347. The fraction of sp³-hybridized carbons (Fsp3) is 0.286. The first-order valence-electron chi connectivity index (χ1n) is 3.83. The molecule has 0 aliphatic rings. The minimum atomic E-state index is -1.15. The Morgan fingerprint density at radius 1 is 1.29 bits per heavy atom. The van der Waals surface area contributed by atoms with Crippen LogP contribution in [0.15, 0.2) is 9.59 Å². The lowest BCUT2D eigenvalue weighted by atomic mass is 10.2. The maximum Gasteiger partial charge on any atom is 0.404 e. The summed E-state index contributed by atoms with van der Waals surface area (Å²) in [5.41, 5.74) is 3.84. The molecule has 76 valence electrons. The minimum absolute atomic E-state index is 0.0715. The third-order valence-electron chi connectivity index (χ3n) is 1.65. The molecule has 7 nitrogen and oxygen atoms in total. The number of amides is 1. The summed E-state index contributed by atoms with van der Waals surface area (Å²) < 4.78 is 0. The average Bonchev–Trinajstić information content (AvgIpc) is 2.15. The van der Waals surface area contributed by atoms with Crippen molar-refractivity contribution in [2.24, 2.45) is 0 Å². The molecule has 5 N–H and O–H groups in total. The molecule has 0 saturated heterocycles. The molecule has 0 aliphatic carbocycles. The summed E-state index contributed by atoms with van der Waals surface area (Å²) >= 11 is 0. The van der Waals surface area contributed by atoms with Crippen molar-refractivity contribution in [1.29, 1.82) is 0 Å². The van der Waals surface area contributed by atoms with Gasteiger partial charge in [-0.15, -0.1) is 0 Å². The Labute approximate surface area is 78.2 Å². The number of nitrogens with two attached hydrogens (primary N) is 1. The SMILES string of the molecule is Nc1c(NCCNC(=O)O)c(=O)c1=O. The molecule has 0 bridgehead atoms. The van der Waals surface area contributed by atoms with Crippen molar-refractivity contribution in [2.45, 2.75) is 0 Å². The summed E-state index contributed by atoms with van der Waals surface area (Å²) in [6.45, 7) is 0.342. The molecule has 1 aromatic carbocycles. The second-order valence-corrected chi connectivity index (χ2v) is 2.61. The van der Waals surface area contributed by atoms with Crippen LogP contribution in [0.4, 0.5) is 16.2 Å². The minimum Gasteiger partial charge on any atom is -0.465 e. The number of hydrogen-bond donors (Lipinski definition) is 4. The van der Waals surface area contributed by atoms with Gasteiger partial charge < -0.3 is 21.5 Å². The first kappa shape index (κ1) is 10.0. The maximum absolute atomic E-state index is 10.8. The zero-order valence-corrected chi connectivity index (χ0v) is 7.16. The van der Waals surface area contributed by atoms with Crippen molar-refractivity contribution >= 4 is 17.5 Å². The van der Waals surface area contributed by atoms with E-state index in [1.54, 1.807) is 0 Å². The monoisotopic (exact) mass is 199 g/mol. The summed E-state index contributed by atoms with van der Waals surface area (Å²) in [6, 6.07) is 0. The average molecular weight is 199 g/mol. The van der Waals surface area contributed by atoms with E-state index in [1.807, 2.05) is 0 Å². The second-order valence-electron chi connectivity index (χ2n) is 2.61. The van der Waals surface area contributed by atoms with Gasteiger partial charge in [0.05, 0.1) is 0 Å². The van der Waals surface area contributed by atoms with Gasteiger partial charge in [-0.3, -0.25) is 9.59 Å². The number of carboxylic acid groups (broad SMARTS) is 1. The van der Waals surface area contributed by atoms with Gasteiger partial charge in [0.15, 0.2) is 0 Å². The molecule has 0 fully saturated rings. The van der Waals surface area contributed by atoms with E-state index in [-0.39, 0.29) is 24.5 Å². The fourth-order valence-electron chi connectivity index (χ4n) is 0.942. The summed E-state index contributed by atoms with van der Waals surface area (Å²) in [5, 5.41) is 12.8. The van der Waals surface area contributed by atoms with E-state index in [1.165, 1.54) is 0 Å². The Morgan fingerprint density at radius 3 is 2.43 bits per heavy atom. The first-order chi connectivity index (χ1) is 6.54. The van der Waals surface area contributed by atoms with Crippen LogP contribution in [0.5, 0.6) is 0 Å². The predicted octanol–water partition coefficient (Wildman–Crippen LogP) is -1.46. The largest absolute Gasteiger partial charge is 0.465 e. The Balaban J connectivity index is 2.37. The van der Waals surface area contributed by atoms with Gasteiger partial charge in [0.1, 0.15) is 11.4 Å². The van der Waals surface area contributed by atoms with Crippen LogP contribution in [-0.4, -0.2) is 24.3 Å². The second kappa shape index (κ2) is 3.77. The Bertz CT molecular complexity index is 418. The van der Waals surface area contributed by atoms with E-state index in [2.05, 4.69) is 10.6 Å². The third-order valence-corrected chi connectivity index (χ3v) is 1.65. The molecule has 14 heavy (non-hydrogen) atoms. The highest BCUT2D eigenvalue weighted by molar-refractivity contribution is 5.71. The normalized spacial score (nSPS) is 10.0. The van der Waals surface area contributed by atoms with Crippen molar-refractivity contribution in [3.05, 3.63) is 20.4 Å². The molecule has 0 spiro atoms. The molecule has 1 amide bonds. The van der Waals surface area contributed by atoms with Gasteiger partial charge in [0, 0.05) is 13.1 Å². The summed E-state index contributed by atoms with van der Waals surface area (Å²) in [7, 11) is 0. The lowest BCUT2D eigenvalue weighted by Gasteiger charge is -2.09. The van der Waals surface area contributed by atoms with Crippen molar-refractivity contribution in [2.75, 3.05) is 24.1 Å². The van der Waals surface area contributed by atoms with Crippen molar-refractivity contribution < 1.29 is 9.90 Å². The molecule has 0 radical (unpaired) electrons. The standard InChI is InChI=1S/C7H9N3O4/c8-3-4(6(12)5(3)11)9-1-2-10-7(13)14/h9-10H,1-2,8H2,(H,13,14). The fourth-order valence-corrected chi connectivity index (χ4v) is 0.942. The van der Waals surface area contributed by atoms with E-state index >= 15 is 0 Å². The lowest BCUT2D eigenvalue weighted by molar-refractivity contribution is 0.195. The summed E-state index contributed by atoms with van der Waals surface area (Å²) in [4.78, 5) is 31.5. The molecule has 7 heteroatoms. The number of nitrogen functional groups attached to an aromatic ring is 1. The number of rotatable bonds is 4. The van der Waals surface area contributed by atoms with Gasteiger partial charge in [-0.2, -0.15) is 0 Å². The molecule has 0 aliphatic heterocycles. The van der Waals surface area contributed by atoms with E-state index < -0.39 is 17.0 Å². The topological polar surface area (TPSA) is 122 Å². The molecular formula is C7H9N3O4. The highest BCUT2D eigenvalue weighted by atomic mass is 16.4. The Morgan fingerprint density at radius 2 is 1.93 bits per heavy atom. The summed E-state index contributed by atoms with van der Waals surface area (Å²) in [6.07, 6.45) is -1.15. The van der Waals surface area contributed by atoms with E-state index in [4.69, 9.17) is 10.8 Å². The molecule has 0 atom stereocenters. The number of anilines is 2. The van der Waals surface area contributed by atoms with Crippen LogP contribution in [0.2, 0.25) is 0 Å². The van der Waals surface area contributed by atoms with Gasteiger partial charge >= 0.3 is 6.09 Å². The van der Waals surface area contributed by atoms with Gasteiger partial charge in [0.2, 0.25) is 0 Å². The highest BCUT2D eigenvalue weighted by Gasteiger charge is 2.16. The zero-order chi connectivity index (χ0) is 10.7. The van der Waals surface area contributed by atoms with Crippen LogP contribution in [-0.2, 0) is 0 Å². The third kappa shape index (κ3) is 1.82. The van der Waals surface area contributed by atoms with E-state index in [0.717, 1.165) is 0 Å². The lowest BCUT2D eigenvalue weighted by Crippen LogP contribution is -2.38. The zero-order valence-electron chi connectivity index (χ0n) is 7.16. The molecule has 0 heterocycles. The molecule has 0 aromatic heterocycles. The van der Waals surface area contributed by atoms with Crippen molar-refractivity contribution in [1.82, 2.24) is 5.32 Å². The van der Waals surface area contributed by atoms with Gasteiger partial charge in [0.25, 0.3) is 10.9 Å². The van der Waals surface area contributed by atoms with Gasteiger partial charge in [-0.25, -0.2) is 4.79 Å². The first-order valence-corrected chi connectivity index (χ1v) is 3.83. The number of carbonyl (C=O) groups is 1. The van der Waals surface area contributed by atoms with Crippen LogP contribution in [0.3, 0.4) is 0 Å². The summed E-state index contributed by atoms with van der Waals surface area (Å²) in [5.74, 6) is 0. The van der Waals surface area contributed by atoms with Crippen LogP contribution in [0, 0.1) is 0 Å². The van der Waals surface area contributed by atoms with Crippen molar-refractivity contribution in [3.63, 3.8) is 0 Å². The molecule has 0 saturated carbocycles. The van der Waals surface area contributed by atoms with Crippen LogP contribution in [0.1, 0.15) is 0 Å². The molecule has 1 aromatic rings. The van der Waals surface area contributed by atoms with Crippen LogP contribution >= 0.6 is 0 Å². The van der Waals surface area contributed by atoms with Crippen LogP contribution < -0.4 is 27.2 Å². The van der Waals surface area contributed by atoms with Crippen LogP contribution in [0.25, 0.3) is 0 Å². The molecule has 0 unspecified atom stereocenters. The maximum atomic E-state index is 10.8. The highest BCUT2D eigenvalue weighted by Crippen LogP contribution is 2.07. The van der Waals surface area contributed by atoms with Crippen molar-refractivity contribution in [3.8, 4) is 0 Å². The Kier molecular flexibility index (Phi) is 2.70. The van der Waals surface area contributed by atoms with Gasteiger partial charge in [-0.1, -0.05) is 0 Å².